The van der Waals surface area contributed by atoms with E-state index in [0.717, 1.165) is 24.8 Å². The molecule has 0 heterocycles. The molecule has 1 saturated carbocycles. The molecule has 0 aromatic carbocycles. The maximum absolute atomic E-state index is 11.0. The lowest BCUT2D eigenvalue weighted by molar-refractivity contribution is -0.0863. The molecular formula is C20H30O2. The molecule has 3 atom stereocenters. The van der Waals surface area contributed by atoms with E-state index in [1.807, 2.05) is 19.9 Å². The second-order valence-electron chi connectivity index (χ2n) is 7.31. The van der Waals surface area contributed by atoms with Crippen LogP contribution in [0.4, 0.5) is 0 Å². The van der Waals surface area contributed by atoms with Gasteiger partial charge in [0.25, 0.3) is 0 Å². The number of hydrogen-bond donors (Lipinski definition) is 2. The zero-order valence-corrected chi connectivity index (χ0v) is 14.6. The average molecular weight is 302 g/mol. The summed E-state index contributed by atoms with van der Waals surface area (Å²) in [6.45, 7) is 13.4. The SMILES string of the molecule is C=C/C(C)=C/C=C/C(C)(O)C#CC1(O)C(C)CCCC1(C)C. The summed E-state index contributed by atoms with van der Waals surface area (Å²) in [5, 5.41) is 21.4. The first kappa shape index (κ1) is 18.7. The van der Waals surface area contributed by atoms with Crippen molar-refractivity contribution in [2.45, 2.75) is 65.1 Å². The number of allylic oxidation sites excluding steroid dienone is 4. The molecule has 2 nitrogen and oxygen atoms in total. The monoisotopic (exact) mass is 302 g/mol. The summed E-state index contributed by atoms with van der Waals surface area (Å²) in [4.78, 5) is 0. The van der Waals surface area contributed by atoms with Gasteiger partial charge in [-0.15, -0.1) is 0 Å². The van der Waals surface area contributed by atoms with Gasteiger partial charge in [0, 0.05) is 5.41 Å². The van der Waals surface area contributed by atoms with Crippen molar-refractivity contribution in [2.75, 3.05) is 0 Å². The van der Waals surface area contributed by atoms with Gasteiger partial charge in [0.15, 0.2) is 0 Å². The molecule has 0 aliphatic heterocycles. The predicted molar refractivity (Wildman–Crippen MR) is 93.2 cm³/mol. The smallest absolute Gasteiger partial charge is 0.141 e. The van der Waals surface area contributed by atoms with E-state index in [-0.39, 0.29) is 11.3 Å². The standard InChI is InChI=1S/C20H30O2/c1-7-16(2)10-8-13-19(6,21)14-15-20(22)17(3)11-9-12-18(20,4)5/h7-8,10,13,17,21-22H,1,9,11-12H2,2-6H3/b13-8+,16-10+. The molecule has 22 heavy (non-hydrogen) atoms. The summed E-state index contributed by atoms with van der Waals surface area (Å²) < 4.78 is 0. The van der Waals surface area contributed by atoms with Crippen LogP contribution in [0.15, 0.2) is 36.5 Å². The number of aliphatic hydroxyl groups is 2. The van der Waals surface area contributed by atoms with Gasteiger partial charge in [-0.3, -0.25) is 0 Å². The third-order valence-electron chi connectivity index (χ3n) is 4.79. The van der Waals surface area contributed by atoms with Crippen molar-refractivity contribution in [1.82, 2.24) is 0 Å². The van der Waals surface area contributed by atoms with Crippen LogP contribution in [0.1, 0.15) is 53.9 Å². The van der Waals surface area contributed by atoms with E-state index >= 15 is 0 Å². The summed E-state index contributed by atoms with van der Waals surface area (Å²) in [5.74, 6) is 5.96. The fourth-order valence-electron chi connectivity index (χ4n) is 2.93. The van der Waals surface area contributed by atoms with Crippen molar-refractivity contribution in [3.05, 3.63) is 36.5 Å². The first-order valence-corrected chi connectivity index (χ1v) is 8.02. The van der Waals surface area contributed by atoms with Gasteiger partial charge >= 0.3 is 0 Å². The summed E-state index contributed by atoms with van der Waals surface area (Å²) in [7, 11) is 0. The second kappa shape index (κ2) is 6.86. The highest BCUT2D eigenvalue weighted by Gasteiger charge is 2.48. The van der Waals surface area contributed by atoms with Gasteiger partial charge in [-0.2, -0.15) is 0 Å². The Labute approximate surface area is 135 Å². The van der Waals surface area contributed by atoms with E-state index in [1.165, 1.54) is 0 Å². The maximum Gasteiger partial charge on any atom is 0.141 e. The zero-order chi connectivity index (χ0) is 17.0. The van der Waals surface area contributed by atoms with Gasteiger partial charge in [-0.25, -0.2) is 0 Å². The topological polar surface area (TPSA) is 40.5 Å². The largest absolute Gasteiger partial charge is 0.377 e. The molecule has 2 heteroatoms. The van der Waals surface area contributed by atoms with Crippen LogP contribution in [0.3, 0.4) is 0 Å². The fraction of sp³-hybridized carbons (Fsp3) is 0.600. The Morgan fingerprint density at radius 3 is 2.59 bits per heavy atom. The second-order valence-corrected chi connectivity index (χ2v) is 7.31. The Balaban J connectivity index is 3.01. The number of hydrogen-bond acceptors (Lipinski definition) is 2. The lowest BCUT2D eigenvalue weighted by Crippen LogP contribution is -2.51. The van der Waals surface area contributed by atoms with Gasteiger partial charge in [-0.05, 0) is 38.7 Å². The molecule has 1 aliphatic rings. The third-order valence-corrected chi connectivity index (χ3v) is 4.79. The highest BCUT2D eigenvalue weighted by Crippen LogP contribution is 2.46. The molecule has 0 aromatic heterocycles. The first-order chi connectivity index (χ1) is 10.0. The molecule has 1 rings (SSSR count). The Morgan fingerprint density at radius 1 is 1.41 bits per heavy atom. The molecule has 0 spiro atoms. The average Bonchev–Trinajstić information content (AvgIpc) is 2.42. The summed E-state index contributed by atoms with van der Waals surface area (Å²) in [6.07, 6.45) is 10.0. The van der Waals surface area contributed by atoms with Crippen LogP contribution < -0.4 is 0 Å². The van der Waals surface area contributed by atoms with E-state index in [9.17, 15) is 10.2 Å². The molecule has 1 aliphatic carbocycles. The van der Waals surface area contributed by atoms with Crippen LogP contribution in [0.2, 0.25) is 0 Å². The van der Waals surface area contributed by atoms with Crippen molar-refractivity contribution < 1.29 is 10.2 Å². The van der Waals surface area contributed by atoms with E-state index < -0.39 is 11.2 Å². The molecule has 0 aromatic rings. The Kier molecular flexibility index (Phi) is 5.84. The first-order valence-electron chi connectivity index (χ1n) is 8.02. The highest BCUT2D eigenvalue weighted by molar-refractivity contribution is 5.31. The highest BCUT2D eigenvalue weighted by atomic mass is 16.3. The molecule has 0 radical (unpaired) electrons. The van der Waals surface area contributed by atoms with E-state index in [0.29, 0.717) is 0 Å². The van der Waals surface area contributed by atoms with E-state index in [4.69, 9.17) is 0 Å². The van der Waals surface area contributed by atoms with Gasteiger partial charge < -0.3 is 10.2 Å². The fourth-order valence-corrected chi connectivity index (χ4v) is 2.93. The van der Waals surface area contributed by atoms with Gasteiger partial charge in [0.05, 0.1) is 0 Å². The van der Waals surface area contributed by atoms with E-state index in [1.54, 1.807) is 25.2 Å². The van der Waals surface area contributed by atoms with Crippen LogP contribution in [-0.2, 0) is 0 Å². The van der Waals surface area contributed by atoms with Crippen LogP contribution in [0.25, 0.3) is 0 Å². The summed E-state index contributed by atoms with van der Waals surface area (Å²) >= 11 is 0. The minimum atomic E-state index is -1.26. The predicted octanol–water partition coefficient (Wildman–Crippen LogP) is 4.01. The van der Waals surface area contributed by atoms with Crippen molar-refractivity contribution in [1.29, 1.82) is 0 Å². The zero-order valence-electron chi connectivity index (χ0n) is 14.6. The third kappa shape index (κ3) is 4.35. The lowest BCUT2D eigenvalue weighted by atomic mass is 9.61. The van der Waals surface area contributed by atoms with E-state index in [2.05, 4.69) is 32.3 Å². The van der Waals surface area contributed by atoms with Crippen molar-refractivity contribution >= 4 is 0 Å². The maximum atomic E-state index is 11.0. The minimum absolute atomic E-state index is 0.103. The molecule has 2 N–H and O–H groups in total. The Hall–Kier alpha value is -1.30. The summed E-state index contributed by atoms with van der Waals surface area (Å²) in [5.41, 5.74) is -1.58. The van der Waals surface area contributed by atoms with Gasteiger partial charge in [0.2, 0.25) is 0 Å². The minimum Gasteiger partial charge on any atom is -0.377 e. The molecular weight excluding hydrogens is 272 g/mol. The summed E-state index contributed by atoms with van der Waals surface area (Å²) in [6, 6.07) is 0. The lowest BCUT2D eigenvalue weighted by Gasteiger charge is -2.47. The van der Waals surface area contributed by atoms with Crippen molar-refractivity contribution in [3.63, 3.8) is 0 Å². The molecule has 0 amide bonds. The van der Waals surface area contributed by atoms with Crippen LogP contribution >= 0.6 is 0 Å². The molecule has 122 valence electrons. The van der Waals surface area contributed by atoms with Crippen LogP contribution in [0, 0.1) is 23.2 Å². The van der Waals surface area contributed by atoms with Crippen LogP contribution in [-0.4, -0.2) is 21.4 Å². The van der Waals surface area contributed by atoms with Crippen molar-refractivity contribution in [2.24, 2.45) is 11.3 Å². The number of rotatable bonds is 3. The van der Waals surface area contributed by atoms with Gasteiger partial charge in [0.1, 0.15) is 11.2 Å². The van der Waals surface area contributed by atoms with Crippen molar-refractivity contribution in [3.8, 4) is 11.8 Å². The quantitative estimate of drug-likeness (QED) is 0.611. The molecule has 1 fully saturated rings. The van der Waals surface area contributed by atoms with Crippen LogP contribution in [0.5, 0.6) is 0 Å². The Bertz CT molecular complexity index is 526. The Morgan fingerprint density at radius 2 is 2.05 bits per heavy atom. The molecule has 0 saturated heterocycles. The normalized spacial score (nSPS) is 31.2. The molecule has 0 bridgehead atoms. The van der Waals surface area contributed by atoms with Gasteiger partial charge in [-0.1, -0.05) is 69.4 Å². The molecule has 3 unspecified atom stereocenters.